The molecule has 1 fully saturated rings. The number of anilines is 2. The molecule has 0 bridgehead atoms. The molecule has 12 heteroatoms. The van der Waals surface area contributed by atoms with Crippen molar-refractivity contribution in [2.75, 3.05) is 10.6 Å². The zero-order valence-corrected chi connectivity index (χ0v) is 20.5. The number of amides is 2. The van der Waals surface area contributed by atoms with Crippen molar-refractivity contribution in [3.05, 3.63) is 86.5 Å². The first-order valence-electron chi connectivity index (χ1n) is 9.54. The van der Waals surface area contributed by atoms with Crippen LogP contribution in [-0.2, 0) is 4.79 Å². The van der Waals surface area contributed by atoms with Gasteiger partial charge >= 0.3 is 0 Å². The van der Waals surface area contributed by atoms with Gasteiger partial charge in [0, 0.05) is 27.7 Å². The minimum Gasteiger partial charge on any atom is -0.326 e. The molecule has 2 N–H and O–H groups in total. The van der Waals surface area contributed by atoms with Crippen LogP contribution in [0.2, 0.25) is 15.1 Å². The van der Waals surface area contributed by atoms with Crippen molar-refractivity contribution in [1.82, 2.24) is 4.98 Å². The van der Waals surface area contributed by atoms with Crippen LogP contribution in [0.15, 0.2) is 48.7 Å². The van der Waals surface area contributed by atoms with E-state index >= 15 is 0 Å². The first-order chi connectivity index (χ1) is 16.0. The third-order valence-corrected chi connectivity index (χ3v) is 6.80. The molecule has 5 nitrogen and oxygen atoms in total. The highest BCUT2D eigenvalue weighted by Crippen LogP contribution is 2.65. The predicted molar refractivity (Wildman–Crippen MR) is 129 cm³/mol. The molecular formula is C22H12Cl5F2N3O2. The number of alkyl halides is 2. The lowest BCUT2D eigenvalue weighted by Crippen LogP contribution is -2.18. The van der Waals surface area contributed by atoms with Crippen LogP contribution in [0.5, 0.6) is 0 Å². The molecule has 3 aromatic rings. The second-order valence-corrected chi connectivity index (χ2v) is 10.2. The summed E-state index contributed by atoms with van der Waals surface area (Å²) in [5, 5.41) is 5.62. The monoisotopic (exact) mass is 563 g/mol. The molecular weight excluding hydrogens is 554 g/mol. The van der Waals surface area contributed by atoms with Crippen LogP contribution in [0.1, 0.15) is 21.8 Å². The largest absolute Gasteiger partial charge is 0.326 e. The van der Waals surface area contributed by atoms with Gasteiger partial charge in [-0.15, -0.1) is 23.2 Å². The highest BCUT2D eigenvalue weighted by molar-refractivity contribution is 6.53. The van der Waals surface area contributed by atoms with Gasteiger partial charge in [0.15, 0.2) is 11.6 Å². The number of hydrogen-bond acceptors (Lipinski definition) is 3. The molecule has 1 aliphatic rings. The van der Waals surface area contributed by atoms with E-state index in [1.807, 2.05) is 0 Å². The minimum atomic E-state index is -1.39. The summed E-state index contributed by atoms with van der Waals surface area (Å²) in [6, 6.07) is 9.49. The average Bonchev–Trinajstić information content (AvgIpc) is 3.33. The van der Waals surface area contributed by atoms with Crippen LogP contribution in [0.4, 0.5) is 20.3 Å². The summed E-state index contributed by atoms with van der Waals surface area (Å²) in [6.45, 7) is 0. The molecule has 1 heterocycles. The van der Waals surface area contributed by atoms with Gasteiger partial charge in [-0.2, -0.15) is 0 Å². The third-order valence-electron chi connectivity index (χ3n) is 5.10. The quantitative estimate of drug-likeness (QED) is 0.324. The van der Waals surface area contributed by atoms with Crippen LogP contribution < -0.4 is 10.6 Å². The van der Waals surface area contributed by atoms with Crippen molar-refractivity contribution in [2.45, 2.75) is 10.3 Å². The summed E-state index contributed by atoms with van der Waals surface area (Å²) in [4.78, 5) is 29.0. The van der Waals surface area contributed by atoms with Crippen molar-refractivity contribution in [3.63, 3.8) is 0 Å². The van der Waals surface area contributed by atoms with E-state index in [0.717, 1.165) is 6.20 Å². The molecule has 176 valence electrons. The second-order valence-electron chi connectivity index (χ2n) is 7.45. The molecule has 0 saturated heterocycles. The molecule has 1 aromatic heterocycles. The summed E-state index contributed by atoms with van der Waals surface area (Å²) in [7, 11) is 0. The smallest absolute Gasteiger partial charge is 0.258 e. The van der Waals surface area contributed by atoms with Gasteiger partial charge in [-0.1, -0.05) is 34.8 Å². The van der Waals surface area contributed by atoms with Crippen LogP contribution in [0.3, 0.4) is 0 Å². The number of carbonyl (C=O) groups is 2. The van der Waals surface area contributed by atoms with Crippen molar-refractivity contribution < 1.29 is 18.4 Å². The van der Waals surface area contributed by atoms with E-state index in [9.17, 15) is 18.4 Å². The molecule has 0 radical (unpaired) electrons. The zero-order valence-electron chi connectivity index (χ0n) is 16.7. The number of hydrogen-bond donors (Lipinski definition) is 2. The molecule has 0 spiro atoms. The maximum absolute atomic E-state index is 13.8. The van der Waals surface area contributed by atoms with Crippen LogP contribution in [-0.4, -0.2) is 21.1 Å². The van der Waals surface area contributed by atoms with Crippen LogP contribution in [0, 0.1) is 17.6 Å². The Morgan fingerprint density at radius 2 is 1.62 bits per heavy atom. The van der Waals surface area contributed by atoms with E-state index in [-0.39, 0.29) is 16.3 Å². The van der Waals surface area contributed by atoms with Gasteiger partial charge in [0.1, 0.15) is 10.2 Å². The number of carbonyl (C=O) groups excluding carboxylic acids is 2. The van der Waals surface area contributed by atoms with Gasteiger partial charge in [0.05, 0.1) is 22.7 Å². The highest BCUT2D eigenvalue weighted by Gasteiger charge is 2.67. The molecule has 0 unspecified atom stereocenters. The van der Waals surface area contributed by atoms with Crippen molar-refractivity contribution in [2.24, 2.45) is 5.92 Å². The topological polar surface area (TPSA) is 71.1 Å². The van der Waals surface area contributed by atoms with Crippen LogP contribution >= 0.6 is 58.0 Å². The SMILES string of the molecule is O=C(Nc1ncc(F)cc1F)c1cc(NC(=O)[C@@H]2[C@@H](c3cc(Cl)cc(Cl)c3)C2(Cl)Cl)ccc1Cl. The van der Waals surface area contributed by atoms with Gasteiger partial charge in [0.2, 0.25) is 5.91 Å². The summed E-state index contributed by atoms with van der Waals surface area (Å²) < 4.78 is 25.5. The fourth-order valence-electron chi connectivity index (χ4n) is 3.50. The normalized spacial score (nSPS) is 18.3. The molecule has 2 aromatic carbocycles. The lowest BCUT2D eigenvalue weighted by Gasteiger charge is -2.10. The Hall–Kier alpha value is -2.16. The lowest BCUT2D eigenvalue weighted by molar-refractivity contribution is -0.117. The van der Waals surface area contributed by atoms with E-state index in [0.29, 0.717) is 21.7 Å². The second kappa shape index (κ2) is 9.47. The number of nitrogens with one attached hydrogen (secondary N) is 2. The number of aromatic nitrogens is 1. The summed E-state index contributed by atoms with van der Waals surface area (Å²) in [5.74, 6) is -5.15. The van der Waals surface area contributed by atoms with Crippen molar-refractivity contribution >= 4 is 81.3 Å². The standard InChI is InChI=1S/C22H12Cl5F2N3O2/c23-10-3-9(4-11(24)5-10)17-18(22(17,26)27)21(34)31-13-1-2-15(25)14(7-13)20(33)32-19-16(29)6-12(28)8-30-19/h1-8,17-18H,(H,31,34)(H,30,32,33)/t17-,18+/m1/s1. The molecule has 2 amide bonds. The summed E-state index contributed by atoms with van der Waals surface area (Å²) >= 11 is 30.9. The van der Waals surface area contributed by atoms with Gasteiger partial charge in [-0.05, 0) is 42.0 Å². The Morgan fingerprint density at radius 1 is 0.941 bits per heavy atom. The van der Waals surface area contributed by atoms with Gasteiger partial charge in [-0.25, -0.2) is 13.8 Å². The molecule has 1 aliphatic carbocycles. The predicted octanol–water partition coefficient (Wildman–Crippen LogP) is 7.10. The van der Waals surface area contributed by atoms with E-state index in [1.54, 1.807) is 18.2 Å². The Balaban J connectivity index is 1.52. The number of rotatable bonds is 5. The number of halogens is 7. The number of pyridine rings is 1. The fraction of sp³-hybridized carbons (Fsp3) is 0.136. The third kappa shape index (κ3) is 5.09. The maximum Gasteiger partial charge on any atom is 0.258 e. The van der Waals surface area contributed by atoms with E-state index in [4.69, 9.17) is 58.0 Å². The maximum atomic E-state index is 13.8. The van der Waals surface area contributed by atoms with Crippen molar-refractivity contribution in [1.29, 1.82) is 0 Å². The average molecular weight is 566 g/mol. The van der Waals surface area contributed by atoms with Gasteiger partial charge in [0.25, 0.3) is 5.91 Å². The van der Waals surface area contributed by atoms with Crippen molar-refractivity contribution in [3.8, 4) is 0 Å². The molecule has 34 heavy (non-hydrogen) atoms. The number of nitrogens with zero attached hydrogens (tertiary/aromatic N) is 1. The first-order valence-corrected chi connectivity index (χ1v) is 11.4. The minimum absolute atomic E-state index is 0.0277. The van der Waals surface area contributed by atoms with Crippen LogP contribution in [0.25, 0.3) is 0 Å². The van der Waals surface area contributed by atoms with E-state index < -0.39 is 45.4 Å². The van der Waals surface area contributed by atoms with Gasteiger partial charge in [-0.3, -0.25) is 9.59 Å². The molecule has 4 rings (SSSR count). The molecule has 0 aliphatic heterocycles. The fourth-order valence-corrected chi connectivity index (χ4v) is 5.08. The summed E-state index contributed by atoms with van der Waals surface area (Å²) in [6.07, 6.45) is 0.751. The van der Waals surface area contributed by atoms with Gasteiger partial charge < -0.3 is 10.6 Å². The highest BCUT2D eigenvalue weighted by atomic mass is 35.5. The first kappa shape index (κ1) is 24.9. The summed E-state index contributed by atoms with van der Waals surface area (Å²) in [5.41, 5.74) is 0.737. The van der Waals surface area contributed by atoms with E-state index in [2.05, 4.69) is 15.6 Å². The van der Waals surface area contributed by atoms with E-state index in [1.165, 1.54) is 18.2 Å². The molecule has 2 atom stereocenters. The Bertz CT molecular complexity index is 1300. The Labute approximate surface area is 217 Å². The lowest BCUT2D eigenvalue weighted by atomic mass is 10.1. The number of benzene rings is 2. The Kier molecular flexibility index (Phi) is 6.95. The molecule has 1 saturated carbocycles. The Morgan fingerprint density at radius 3 is 2.26 bits per heavy atom. The zero-order chi connectivity index (χ0) is 24.8.